The minimum atomic E-state index is -5.15. The minimum absolute atomic E-state index is 0.0319. The van der Waals surface area contributed by atoms with Gasteiger partial charge in [-0.15, -0.1) is 0 Å². The van der Waals surface area contributed by atoms with Crippen molar-refractivity contribution < 1.29 is 53.8 Å². The highest BCUT2D eigenvalue weighted by atomic mass is 19.4. The van der Waals surface area contributed by atoms with Crippen LogP contribution in [0.4, 0.5) is 50.0 Å². The van der Waals surface area contributed by atoms with Gasteiger partial charge in [0.15, 0.2) is 0 Å². The molecule has 0 radical (unpaired) electrons. The second-order valence-electron chi connectivity index (χ2n) is 11.1. The van der Waals surface area contributed by atoms with Crippen LogP contribution in [-0.4, -0.2) is 29.5 Å². The number of hydrogen-bond donors (Lipinski definition) is 0. The Labute approximate surface area is 236 Å². The van der Waals surface area contributed by atoms with Crippen LogP contribution in [0.5, 0.6) is 0 Å². The van der Waals surface area contributed by atoms with Crippen LogP contribution in [0, 0.1) is 5.41 Å². The summed E-state index contributed by atoms with van der Waals surface area (Å²) in [5, 5.41) is 0. The lowest BCUT2D eigenvalue weighted by Gasteiger charge is -2.42. The molecule has 0 aromatic heterocycles. The van der Waals surface area contributed by atoms with Gasteiger partial charge in [-0.1, -0.05) is 13.8 Å². The quantitative estimate of drug-likeness (QED) is 0.325. The van der Waals surface area contributed by atoms with E-state index in [1.807, 2.05) is 0 Å². The Kier molecular flexibility index (Phi) is 8.91. The second kappa shape index (κ2) is 11.3. The van der Waals surface area contributed by atoms with Gasteiger partial charge in [0.05, 0.1) is 34.5 Å². The van der Waals surface area contributed by atoms with E-state index in [0.717, 1.165) is 34.9 Å². The summed E-state index contributed by atoms with van der Waals surface area (Å²) in [4.78, 5) is 28.0. The normalized spacial score (nSPS) is 17.5. The smallest absolute Gasteiger partial charge is 0.416 e. The van der Waals surface area contributed by atoms with Crippen molar-refractivity contribution in [3.63, 3.8) is 0 Å². The van der Waals surface area contributed by atoms with E-state index >= 15 is 0 Å². The lowest BCUT2D eigenvalue weighted by Crippen LogP contribution is -2.41. The molecule has 0 N–H and O–H groups in total. The summed E-state index contributed by atoms with van der Waals surface area (Å²) in [5.74, 6) is -0.819. The first-order valence-corrected chi connectivity index (χ1v) is 12.8. The van der Waals surface area contributed by atoms with E-state index in [1.54, 1.807) is 27.7 Å². The molecule has 0 fully saturated rings. The van der Waals surface area contributed by atoms with Crippen molar-refractivity contribution in [2.45, 2.75) is 78.3 Å². The number of rotatable bonds is 4. The number of anilines is 1. The number of carbonyl (C=O) groups excluding carboxylic acids is 2. The highest BCUT2D eigenvalue weighted by Gasteiger charge is 2.45. The standard InChI is InChI=1S/C28H29F9N2O3/c1-15(2)42-24(41)38-9-8-25(4,5)23(21-13-18(26(29,30)31)6-7-22(21)38)39(16(3)40)14-17-10-19(27(32,33)34)12-20(11-17)28(35,36)37/h6-7,10-13,15,23H,8-9,14H2,1-5H3. The fraction of sp³-hybridized carbons (Fsp3) is 0.500. The predicted molar refractivity (Wildman–Crippen MR) is 134 cm³/mol. The maximum atomic E-state index is 13.8. The highest BCUT2D eigenvalue weighted by Crippen LogP contribution is 2.49. The van der Waals surface area contributed by atoms with Crippen molar-refractivity contribution in [3.8, 4) is 0 Å². The van der Waals surface area contributed by atoms with Crippen LogP contribution in [0.1, 0.15) is 74.9 Å². The third kappa shape index (κ3) is 7.30. The van der Waals surface area contributed by atoms with Crippen LogP contribution in [0.15, 0.2) is 36.4 Å². The Morgan fingerprint density at radius 1 is 0.905 bits per heavy atom. The molecule has 0 aliphatic carbocycles. The van der Waals surface area contributed by atoms with Gasteiger partial charge in [-0.2, -0.15) is 39.5 Å². The SMILES string of the molecule is CC(=O)N(Cc1cc(C(F)(F)F)cc(C(F)(F)F)c1)C1c2cc(C(F)(F)F)ccc2N(C(=O)OC(C)C)CCC1(C)C. The first kappa shape index (κ1) is 33.1. The molecular formula is C28H29F9N2O3. The van der Waals surface area contributed by atoms with E-state index in [1.165, 1.54) is 0 Å². The summed E-state index contributed by atoms with van der Waals surface area (Å²) in [6.07, 6.45) is -16.5. The van der Waals surface area contributed by atoms with Crippen LogP contribution < -0.4 is 4.90 Å². The van der Waals surface area contributed by atoms with E-state index in [2.05, 4.69) is 0 Å². The number of fused-ring (bicyclic) bond motifs is 1. The van der Waals surface area contributed by atoms with Gasteiger partial charge in [0, 0.05) is 20.0 Å². The molecule has 1 heterocycles. The molecule has 14 heteroatoms. The van der Waals surface area contributed by atoms with Gasteiger partial charge in [0.2, 0.25) is 5.91 Å². The number of benzene rings is 2. The summed E-state index contributed by atoms with van der Waals surface area (Å²) in [6, 6.07) is 2.10. The molecule has 1 aliphatic heterocycles. The number of halogens is 9. The molecule has 1 atom stereocenters. The lowest BCUT2D eigenvalue weighted by atomic mass is 9.76. The molecule has 5 nitrogen and oxygen atoms in total. The first-order valence-electron chi connectivity index (χ1n) is 12.8. The molecule has 1 unspecified atom stereocenters. The van der Waals surface area contributed by atoms with Crippen molar-refractivity contribution >= 4 is 17.7 Å². The van der Waals surface area contributed by atoms with Crippen LogP contribution in [-0.2, 0) is 34.6 Å². The zero-order valence-corrected chi connectivity index (χ0v) is 23.3. The number of alkyl halides is 9. The molecule has 2 aromatic carbocycles. The van der Waals surface area contributed by atoms with Gasteiger partial charge in [0.1, 0.15) is 0 Å². The fourth-order valence-corrected chi connectivity index (χ4v) is 5.01. The van der Waals surface area contributed by atoms with Gasteiger partial charge < -0.3 is 9.64 Å². The molecule has 2 aromatic rings. The van der Waals surface area contributed by atoms with Gasteiger partial charge in [-0.25, -0.2) is 4.79 Å². The molecule has 3 rings (SSSR count). The molecule has 232 valence electrons. The number of ether oxygens (including phenoxy) is 1. The van der Waals surface area contributed by atoms with Gasteiger partial charge in [-0.3, -0.25) is 9.69 Å². The maximum absolute atomic E-state index is 13.8. The molecular weight excluding hydrogens is 583 g/mol. The number of carbonyl (C=O) groups is 2. The molecule has 0 saturated heterocycles. The summed E-state index contributed by atoms with van der Waals surface area (Å²) < 4.78 is 128. The van der Waals surface area contributed by atoms with Gasteiger partial charge >= 0.3 is 24.6 Å². The van der Waals surface area contributed by atoms with Crippen molar-refractivity contribution in [1.82, 2.24) is 4.90 Å². The zero-order valence-electron chi connectivity index (χ0n) is 23.3. The summed E-state index contributed by atoms with van der Waals surface area (Å²) in [6.45, 7) is 6.47. The third-order valence-corrected chi connectivity index (χ3v) is 6.93. The van der Waals surface area contributed by atoms with E-state index in [9.17, 15) is 49.1 Å². The van der Waals surface area contributed by atoms with E-state index < -0.39 is 76.9 Å². The molecule has 0 saturated carbocycles. The number of amides is 2. The van der Waals surface area contributed by atoms with Gasteiger partial charge in [-0.05, 0) is 73.2 Å². The average molecular weight is 613 g/mol. The van der Waals surface area contributed by atoms with Crippen LogP contribution in [0.2, 0.25) is 0 Å². The summed E-state index contributed by atoms with van der Waals surface area (Å²) in [7, 11) is 0. The Morgan fingerprint density at radius 3 is 1.88 bits per heavy atom. The highest BCUT2D eigenvalue weighted by molar-refractivity contribution is 5.89. The molecule has 0 bridgehead atoms. The van der Waals surface area contributed by atoms with Gasteiger partial charge in [0.25, 0.3) is 0 Å². The largest absolute Gasteiger partial charge is 0.446 e. The Balaban J connectivity index is 2.27. The minimum Gasteiger partial charge on any atom is -0.446 e. The predicted octanol–water partition coefficient (Wildman–Crippen LogP) is 8.61. The zero-order chi connectivity index (χ0) is 32.0. The summed E-state index contributed by atoms with van der Waals surface area (Å²) in [5.41, 5.74) is -6.16. The van der Waals surface area contributed by atoms with Crippen molar-refractivity contribution in [2.75, 3.05) is 11.4 Å². The Morgan fingerprint density at radius 2 is 1.43 bits per heavy atom. The lowest BCUT2D eigenvalue weighted by molar-refractivity contribution is -0.143. The van der Waals surface area contributed by atoms with Crippen LogP contribution in [0.3, 0.4) is 0 Å². The second-order valence-corrected chi connectivity index (χ2v) is 11.1. The van der Waals surface area contributed by atoms with E-state index in [4.69, 9.17) is 4.74 Å². The molecule has 2 amide bonds. The Hall–Kier alpha value is -3.45. The van der Waals surface area contributed by atoms with Crippen LogP contribution in [0.25, 0.3) is 0 Å². The first-order chi connectivity index (χ1) is 19.0. The third-order valence-electron chi connectivity index (χ3n) is 6.93. The van der Waals surface area contributed by atoms with Crippen molar-refractivity contribution in [1.29, 1.82) is 0 Å². The topological polar surface area (TPSA) is 49.9 Å². The number of hydrogen-bond acceptors (Lipinski definition) is 3. The van der Waals surface area contributed by atoms with Crippen molar-refractivity contribution in [3.05, 3.63) is 64.2 Å². The average Bonchev–Trinajstić information content (AvgIpc) is 2.92. The molecule has 42 heavy (non-hydrogen) atoms. The summed E-state index contributed by atoms with van der Waals surface area (Å²) >= 11 is 0. The molecule has 1 aliphatic rings. The molecule has 0 spiro atoms. The Bertz CT molecular complexity index is 1300. The fourth-order valence-electron chi connectivity index (χ4n) is 5.01. The van der Waals surface area contributed by atoms with E-state index in [0.29, 0.717) is 12.1 Å². The van der Waals surface area contributed by atoms with Crippen molar-refractivity contribution in [2.24, 2.45) is 5.41 Å². The monoisotopic (exact) mass is 612 g/mol. The maximum Gasteiger partial charge on any atom is 0.416 e. The number of nitrogens with zero attached hydrogens (tertiary/aromatic N) is 2. The van der Waals surface area contributed by atoms with E-state index in [-0.39, 0.29) is 30.3 Å². The van der Waals surface area contributed by atoms with Crippen LogP contribution >= 0.6 is 0 Å².